The van der Waals surface area contributed by atoms with Crippen molar-refractivity contribution in [2.75, 3.05) is 5.32 Å². The summed E-state index contributed by atoms with van der Waals surface area (Å²) in [6.45, 7) is 0.567. The number of nitrogens with one attached hydrogen (secondary N) is 1. The lowest BCUT2D eigenvalue weighted by molar-refractivity contribution is 0.306. The van der Waals surface area contributed by atoms with E-state index in [9.17, 15) is 0 Å². The predicted octanol–water partition coefficient (Wildman–Crippen LogP) is 7.40. The third kappa shape index (κ3) is 3.52. The van der Waals surface area contributed by atoms with Gasteiger partial charge in [-0.1, -0.05) is 77.8 Å². The van der Waals surface area contributed by atoms with Crippen LogP contribution in [0.3, 0.4) is 0 Å². The van der Waals surface area contributed by atoms with Crippen molar-refractivity contribution in [1.29, 1.82) is 0 Å². The zero-order valence-electron chi connectivity index (χ0n) is 15.8. The van der Waals surface area contributed by atoms with Crippen molar-refractivity contribution in [3.05, 3.63) is 106 Å². The first-order valence-corrected chi connectivity index (χ1v) is 10.6. The monoisotopic (exact) mass is 421 g/mol. The molecule has 0 bridgehead atoms. The summed E-state index contributed by atoms with van der Waals surface area (Å²) in [5.74, 6) is 1.59. The summed E-state index contributed by atoms with van der Waals surface area (Å²) in [7, 11) is 0. The van der Waals surface area contributed by atoms with Gasteiger partial charge in [0.05, 0.1) is 16.8 Å². The zero-order chi connectivity index (χ0) is 19.8. The van der Waals surface area contributed by atoms with Gasteiger partial charge in [0.15, 0.2) is 0 Å². The molecule has 1 aliphatic heterocycles. The van der Waals surface area contributed by atoms with E-state index >= 15 is 0 Å². The molecule has 1 heterocycles. The lowest BCUT2D eigenvalue weighted by atomic mass is 9.77. The lowest BCUT2D eigenvalue weighted by Crippen LogP contribution is -2.29. The molecule has 146 valence electrons. The molecule has 1 aliphatic carbocycles. The number of ether oxygens (including phenoxy) is 1. The minimum Gasteiger partial charge on any atom is -0.489 e. The molecule has 29 heavy (non-hydrogen) atoms. The topological polar surface area (TPSA) is 21.3 Å². The van der Waals surface area contributed by atoms with Gasteiger partial charge >= 0.3 is 0 Å². The summed E-state index contributed by atoms with van der Waals surface area (Å²) in [5, 5.41) is 5.17. The van der Waals surface area contributed by atoms with Gasteiger partial charge in [-0.25, -0.2) is 0 Å². The highest BCUT2D eigenvalue weighted by molar-refractivity contribution is 6.36. The molecule has 3 aromatic carbocycles. The molecule has 0 aromatic heterocycles. The summed E-state index contributed by atoms with van der Waals surface area (Å²) in [6.07, 6.45) is 5.56. The molecule has 0 radical (unpaired) electrons. The van der Waals surface area contributed by atoms with Crippen molar-refractivity contribution in [3.63, 3.8) is 0 Å². The average molecular weight is 422 g/mol. The third-order valence-electron chi connectivity index (χ3n) is 5.90. The molecule has 0 saturated heterocycles. The molecule has 2 aliphatic rings. The average Bonchev–Trinajstić information content (AvgIpc) is 3.25. The Bertz CT molecular complexity index is 1050. The fourth-order valence-electron chi connectivity index (χ4n) is 4.47. The summed E-state index contributed by atoms with van der Waals surface area (Å²) < 4.78 is 5.94. The molecule has 4 heteroatoms. The van der Waals surface area contributed by atoms with Gasteiger partial charge in [0.2, 0.25) is 0 Å². The van der Waals surface area contributed by atoms with Gasteiger partial charge in [0.1, 0.15) is 12.4 Å². The van der Waals surface area contributed by atoms with E-state index < -0.39 is 0 Å². The van der Waals surface area contributed by atoms with Crippen molar-refractivity contribution in [2.45, 2.75) is 25.0 Å². The fraction of sp³-hybridized carbons (Fsp3) is 0.200. The van der Waals surface area contributed by atoms with Crippen LogP contribution in [0, 0.1) is 5.92 Å². The number of halogens is 2. The first-order chi connectivity index (χ1) is 14.2. The van der Waals surface area contributed by atoms with Crippen LogP contribution in [0.25, 0.3) is 0 Å². The Morgan fingerprint density at radius 2 is 1.66 bits per heavy atom. The van der Waals surface area contributed by atoms with Crippen molar-refractivity contribution in [2.24, 2.45) is 5.92 Å². The highest BCUT2D eigenvalue weighted by atomic mass is 35.5. The van der Waals surface area contributed by atoms with E-state index in [4.69, 9.17) is 27.9 Å². The van der Waals surface area contributed by atoms with Gasteiger partial charge in [0.25, 0.3) is 0 Å². The van der Waals surface area contributed by atoms with Crippen LogP contribution >= 0.6 is 23.2 Å². The van der Waals surface area contributed by atoms with Crippen LogP contribution in [0.5, 0.6) is 5.75 Å². The molecule has 5 rings (SSSR count). The Morgan fingerprint density at radius 3 is 2.45 bits per heavy atom. The van der Waals surface area contributed by atoms with Crippen molar-refractivity contribution in [1.82, 2.24) is 0 Å². The second kappa shape index (κ2) is 7.78. The van der Waals surface area contributed by atoms with E-state index in [1.54, 1.807) is 0 Å². The molecule has 0 fully saturated rings. The van der Waals surface area contributed by atoms with Crippen LogP contribution in [0.2, 0.25) is 10.0 Å². The predicted molar refractivity (Wildman–Crippen MR) is 120 cm³/mol. The highest BCUT2D eigenvalue weighted by Gasteiger charge is 2.39. The maximum absolute atomic E-state index is 6.53. The number of rotatable bonds is 4. The van der Waals surface area contributed by atoms with Crippen LogP contribution in [-0.4, -0.2) is 0 Å². The molecule has 0 saturated carbocycles. The maximum Gasteiger partial charge on any atom is 0.119 e. The first-order valence-electron chi connectivity index (χ1n) is 9.88. The highest BCUT2D eigenvalue weighted by Crippen LogP contribution is 2.53. The SMILES string of the molecule is Clc1ccc(Cl)c2c1N[C@@H](c1ccc(OCc3ccccc3)cc1)[C@H]1CC=C[C@@H]21. The fourth-order valence-corrected chi connectivity index (χ4v) is 4.97. The molecule has 0 amide bonds. The largest absolute Gasteiger partial charge is 0.489 e. The number of hydrogen-bond donors (Lipinski definition) is 1. The number of anilines is 1. The van der Waals surface area contributed by atoms with Gasteiger partial charge in [-0.3, -0.25) is 0 Å². The third-order valence-corrected chi connectivity index (χ3v) is 6.55. The van der Waals surface area contributed by atoms with Gasteiger partial charge in [-0.05, 0) is 47.7 Å². The number of hydrogen-bond acceptors (Lipinski definition) is 2. The molecule has 2 nitrogen and oxygen atoms in total. The van der Waals surface area contributed by atoms with Crippen LogP contribution in [0.4, 0.5) is 5.69 Å². The van der Waals surface area contributed by atoms with E-state index in [2.05, 4.69) is 41.7 Å². The van der Waals surface area contributed by atoms with Crippen LogP contribution in [0.15, 0.2) is 78.9 Å². The lowest BCUT2D eigenvalue weighted by Gasteiger charge is -2.38. The number of allylic oxidation sites excluding steroid dienone is 2. The van der Waals surface area contributed by atoms with Crippen LogP contribution < -0.4 is 10.1 Å². The molecule has 3 atom stereocenters. The Kier molecular flexibility index (Phi) is 4.99. The Morgan fingerprint density at radius 1 is 0.897 bits per heavy atom. The quantitative estimate of drug-likeness (QED) is 0.443. The maximum atomic E-state index is 6.53. The molecular weight excluding hydrogens is 401 g/mol. The van der Waals surface area contributed by atoms with Crippen molar-refractivity contribution < 1.29 is 4.74 Å². The number of benzene rings is 3. The molecule has 0 unspecified atom stereocenters. The number of fused-ring (bicyclic) bond motifs is 3. The molecular formula is C25H21Cl2NO. The van der Waals surface area contributed by atoms with Gasteiger partial charge in [-0.15, -0.1) is 0 Å². The first kappa shape index (κ1) is 18.6. The van der Waals surface area contributed by atoms with Crippen LogP contribution in [-0.2, 0) is 6.61 Å². The minimum atomic E-state index is 0.182. The van der Waals surface area contributed by atoms with E-state index in [0.717, 1.165) is 39.0 Å². The summed E-state index contributed by atoms with van der Waals surface area (Å²) in [5.41, 5.74) is 4.48. The van der Waals surface area contributed by atoms with Crippen molar-refractivity contribution in [3.8, 4) is 5.75 Å². The molecule has 3 aromatic rings. The van der Waals surface area contributed by atoms with Crippen molar-refractivity contribution >= 4 is 28.9 Å². The van der Waals surface area contributed by atoms with Gasteiger partial charge in [0, 0.05) is 16.5 Å². The van der Waals surface area contributed by atoms with Crippen LogP contribution in [0.1, 0.15) is 35.1 Å². The second-order valence-corrected chi connectivity index (χ2v) is 8.45. The van der Waals surface area contributed by atoms with Gasteiger partial charge in [-0.2, -0.15) is 0 Å². The normalized spacial score (nSPS) is 21.9. The van der Waals surface area contributed by atoms with E-state index in [1.807, 2.05) is 42.5 Å². The Hall–Kier alpha value is -2.42. The smallest absolute Gasteiger partial charge is 0.119 e. The Labute approximate surface area is 181 Å². The standard InChI is InChI=1S/C25H21Cl2NO/c26-21-13-14-22(27)25-23(21)19-7-4-8-20(19)24(28-25)17-9-11-18(12-10-17)29-15-16-5-2-1-3-6-16/h1-7,9-14,19-20,24,28H,8,15H2/t19-,20+,24+/m1/s1. The molecule has 1 N–H and O–H groups in total. The Balaban J connectivity index is 1.39. The van der Waals surface area contributed by atoms with E-state index in [-0.39, 0.29) is 12.0 Å². The summed E-state index contributed by atoms with van der Waals surface area (Å²) >= 11 is 13.0. The van der Waals surface area contributed by atoms with E-state index in [0.29, 0.717) is 12.5 Å². The van der Waals surface area contributed by atoms with Gasteiger partial charge < -0.3 is 10.1 Å². The van der Waals surface area contributed by atoms with E-state index in [1.165, 1.54) is 5.56 Å². The minimum absolute atomic E-state index is 0.182. The summed E-state index contributed by atoms with van der Waals surface area (Å²) in [6, 6.07) is 22.5. The second-order valence-electron chi connectivity index (χ2n) is 7.64. The zero-order valence-corrected chi connectivity index (χ0v) is 17.3. The summed E-state index contributed by atoms with van der Waals surface area (Å²) in [4.78, 5) is 0. The molecule has 0 spiro atoms.